The molecule has 1 aromatic heterocycles. The number of hydrogen-bond donors (Lipinski definition) is 2. The molecule has 2 N–H and O–H groups in total. The summed E-state index contributed by atoms with van der Waals surface area (Å²) in [7, 11) is 0. The van der Waals surface area contributed by atoms with Gasteiger partial charge in [0.15, 0.2) is 0 Å². The summed E-state index contributed by atoms with van der Waals surface area (Å²) >= 11 is 0. The van der Waals surface area contributed by atoms with Gasteiger partial charge in [-0.3, -0.25) is 4.79 Å². The summed E-state index contributed by atoms with van der Waals surface area (Å²) in [5.41, 5.74) is 0.148. The SMILES string of the molecule is CCOC(CC)(CC)c1nc(CNCC(C)C)cc(=O)[nH]1. The minimum atomic E-state index is -0.498. The Bertz CT molecular complexity index is 479. The number of hydrogen-bond acceptors (Lipinski definition) is 4. The fourth-order valence-corrected chi connectivity index (χ4v) is 2.44. The summed E-state index contributed by atoms with van der Waals surface area (Å²) in [6.07, 6.45) is 1.56. The van der Waals surface area contributed by atoms with Crippen molar-refractivity contribution in [3.8, 4) is 0 Å². The standard InChI is InChI=1S/C16H29N3O2/c1-6-16(7-2,21-8-3)15-18-13(9-14(20)19-15)11-17-10-12(4)5/h9,12,17H,6-8,10-11H2,1-5H3,(H,18,19,20). The zero-order chi connectivity index (χ0) is 15.9. The zero-order valence-corrected chi connectivity index (χ0v) is 14.0. The Balaban J connectivity index is 3.01. The van der Waals surface area contributed by atoms with Crippen LogP contribution in [0.1, 0.15) is 59.0 Å². The highest BCUT2D eigenvalue weighted by Gasteiger charge is 2.32. The van der Waals surface area contributed by atoms with Crippen molar-refractivity contribution in [1.82, 2.24) is 15.3 Å². The van der Waals surface area contributed by atoms with Gasteiger partial charge in [0.05, 0.1) is 5.69 Å². The van der Waals surface area contributed by atoms with Crippen LogP contribution in [0.2, 0.25) is 0 Å². The summed E-state index contributed by atoms with van der Waals surface area (Å²) in [6.45, 7) is 12.5. The van der Waals surface area contributed by atoms with Gasteiger partial charge in [0.25, 0.3) is 5.56 Å². The number of nitrogens with one attached hydrogen (secondary N) is 2. The molecule has 0 aliphatic carbocycles. The van der Waals surface area contributed by atoms with E-state index in [-0.39, 0.29) is 5.56 Å². The van der Waals surface area contributed by atoms with Crippen molar-refractivity contribution in [2.24, 2.45) is 5.92 Å². The Kier molecular flexibility index (Phi) is 7.05. The van der Waals surface area contributed by atoms with Gasteiger partial charge in [0.2, 0.25) is 0 Å². The minimum Gasteiger partial charge on any atom is -0.367 e. The van der Waals surface area contributed by atoms with Crippen LogP contribution in [0.4, 0.5) is 0 Å². The minimum absolute atomic E-state index is 0.118. The quantitative estimate of drug-likeness (QED) is 0.735. The summed E-state index contributed by atoms with van der Waals surface area (Å²) < 4.78 is 5.91. The Morgan fingerprint density at radius 3 is 2.52 bits per heavy atom. The maximum Gasteiger partial charge on any atom is 0.251 e. The fraction of sp³-hybridized carbons (Fsp3) is 0.750. The maximum absolute atomic E-state index is 11.9. The highest BCUT2D eigenvalue weighted by atomic mass is 16.5. The van der Waals surface area contributed by atoms with Crippen molar-refractivity contribution < 1.29 is 4.74 Å². The van der Waals surface area contributed by atoms with E-state index in [1.165, 1.54) is 0 Å². The molecule has 0 saturated heterocycles. The summed E-state index contributed by atoms with van der Waals surface area (Å²) in [5, 5.41) is 3.32. The number of H-pyrrole nitrogens is 1. The normalized spacial score (nSPS) is 12.1. The molecule has 1 heterocycles. The lowest BCUT2D eigenvalue weighted by Gasteiger charge is -2.30. The molecule has 0 aliphatic heterocycles. The molecule has 0 saturated carbocycles. The van der Waals surface area contributed by atoms with E-state index in [4.69, 9.17) is 4.74 Å². The first-order valence-electron chi connectivity index (χ1n) is 7.92. The summed E-state index contributed by atoms with van der Waals surface area (Å²) in [6, 6.07) is 1.55. The van der Waals surface area contributed by atoms with Gasteiger partial charge in [-0.05, 0) is 32.2 Å². The van der Waals surface area contributed by atoms with Crippen molar-refractivity contribution in [3.05, 3.63) is 27.9 Å². The third kappa shape index (κ3) is 4.93. The molecule has 0 atom stereocenters. The summed E-state index contributed by atoms with van der Waals surface area (Å²) in [4.78, 5) is 19.4. The molecule has 0 aliphatic rings. The highest BCUT2D eigenvalue weighted by Crippen LogP contribution is 2.29. The molecule has 0 radical (unpaired) electrons. The number of rotatable bonds is 9. The zero-order valence-electron chi connectivity index (χ0n) is 14.0. The molecule has 1 rings (SSSR count). The second kappa shape index (κ2) is 8.29. The highest BCUT2D eigenvalue weighted by molar-refractivity contribution is 5.09. The van der Waals surface area contributed by atoms with Crippen LogP contribution < -0.4 is 10.9 Å². The molecule has 1 aromatic rings. The predicted molar refractivity (Wildman–Crippen MR) is 85.3 cm³/mol. The van der Waals surface area contributed by atoms with E-state index >= 15 is 0 Å². The molecule has 0 fully saturated rings. The lowest BCUT2D eigenvalue weighted by molar-refractivity contribution is -0.0574. The molecule has 0 unspecified atom stereocenters. The first-order chi connectivity index (χ1) is 9.97. The van der Waals surface area contributed by atoms with Gasteiger partial charge in [0, 0.05) is 19.2 Å². The molecular formula is C16H29N3O2. The van der Waals surface area contributed by atoms with Crippen LogP contribution in [0.25, 0.3) is 0 Å². The average Bonchev–Trinajstić information content (AvgIpc) is 2.44. The van der Waals surface area contributed by atoms with E-state index in [1.807, 2.05) is 6.92 Å². The Morgan fingerprint density at radius 2 is 2.00 bits per heavy atom. The van der Waals surface area contributed by atoms with Crippen LogP contribution in [0.5, 0.6) is 0 Å². The predicted octanol–water partition coefficient (Wildman–Crippen LogP) is 2.57. The fourth-order valence-electron chi connectivity index (χ4n) is 2.44. The lowest BCUT2D eigenvalue weighted by atomic mass is 9.95. The molecule has 120 valence electrons. The molecule has 0 bridgehead atoms. The van der Waals surface area contributed by atoms with Crippen LogP contribution in [-0.2, 0) is 16.9 Å². The molecule has 5 heteroatoms. The first-order valence-corrected chi connectivity index (χ1v) is 7.92. The van der Waals surface area contributed by atoms with Crippen molar-refractivity contribution in [3.63, 3.8) is 0 Å². The van der Waals surface area contributed by atoms with Gasteiger partial charge in [-0.15, -0.1) is 0 Å². The molecule has 0 amide bonds. The van der Waals surface area contributed by atoms with E-state index in [2.05, 4.69) is 43.0 Å². The third-order valence-corrected chi connectivity index (χ3v) is 3.65. The second-order valence-corrected chi connectivity index (χ2v) is 5.74. The van der Waals surface area contributed by atoms with E-state index in [0.717, 1.165) is 25.1 Å². The lowest BCUT2D eigenvalue weighted by Crippen LogP contribution is -2.34. The van der Waals surface area contributed by atoms with Gasteiger partial charge in [0.1, 0.15) is 11.4 Å². The van der Waals surface area contributed by atoms with Crippen LogP contribution in [-0.4, -0.2) is 23.1 Å². The second-order valence-electron chi connectivity index (χ2n) is 5.74. The van der Waals surface area contributed by atoms with Gasteiger partial charge in [-0.1, -0.05) is 27.7 Å². The van der Waals surface area contributed by atoms with Gasteiger partial charge in [-0.2, -0.15) is 0 Å². The maximum atomic E-state index is 11.9. The monoisotopic (exact) mass is 295 g/mol. The van der Waals surface area contributed by atoms with Crippen molar-refractivity contribution in [1.29, 1.82) is 0 Å². The first kappa shape index (κ1) is 17.9. The van der Waals surface area contributed by atoms with Crippen molar-refractivity contribution >= 4 is 0 Å². The molecular weight excluding hydrogens is 266 g/mol. The van der Waals surface area contributed by atoms with E-state index in [9.17, 15) is 4.79 Å². The summed E-state index contributed by atoms with van der Waals surface area (Å²) in [5.74, 6) is 1.21. The third-order valence-electron chi connectivity index (χ3n) is 3.65. The van der Waals surface area contributed by atoms with Gasteiger partial charge >= 0.3 is 0 Å². The Hall–Kier alpha value is -1.20. The van der Waals surface area contributed by atoms with Gasteiger partial charge in [-0.25, -0.2) is 4.98 Å². The number of ether oxygens (including phenoxy) is 1. The van der Waals surface area contributed by atoms with E-state index < -0.39 is 5.60 Å². The molecule has 0 spiro atoms. The van der Waals surface area contributed by atoms with Crippen LogP contribution in [0.15, 0.2) is 10.9 Å². The van der Waals surface area contributed by atoms with Crippen molar-refractivity contribution in [2.75, 3.05) is 13.2 Å². The smallest absolute Gasteiger partial charge is 0.251 e. The van der Waals surface area contributed by atoms with E-state index in [0.29, 0.717) is 24.9 Å². The number of nitrogens with zero attached hydrogens (tertiary/aromatic N) is 1. The number of aromatic nitrogens is 2. The topological polar surface area (TPSA) is 67.0 Å². The molecule has 21 heavy (non-hydrogen) atoms. The van der Waals surface area contributed by atoms with Gasteiger partial charge < -0.3 is 15.0 Å². The van der Waals surface area contributed by atoms with Crippen LogP contribution in [0, 0.1) is 5.92 Å². The average molecular weight is 295 g/mol. The molecule has 5 nitrogen and oxygen atoms in total. The van der Waals surface area contributed by atoms with Crippen LogP contribution >= 0.6 is 0 Å². The Labute approximate surface area is 127 Å². The number of aromatic amines is 1. The van der Waals surface area contributed by atoms with E-state index in [1.54, 1.807) is 6.07 Å². The van der Waals surface area contributed by atoms with Crippen LogP contribution in [0.3, 0.4) is 0 Å². The van der Waals surface area contributed by atoms with Crippen molar-refractivity contribution in [2.45, 2.75) is 59.6 Å². The Morgan fingerprint density at radius 1 is 1.33 bits per heavy atom. The molecule has 0 aromatic carbocycles. The largest absolute Gasteiger partial charge is 0.367 e.